The third-order valence-electron chi connectivity index (χ3n) is 5.64. The van der Waals surface area contributed by atoms with Crippen LogP contribution in [0.25, 0.3) is 0 Å². The number of benzene rings is 1. The zero-order chi connectivity index (χ0) is 20.6. The summed E-state index contributed by atoms with van der Waals surface area (Å²) in [5.74, 6) is 2.05. The van der Waals surface area contributed by atoms with Gasteiger partial charge in [-0.15, -0.1) is 0 Å². The zero-order valence-electron chi connectivity index (χ0n) is 17.4. The fourth-order valence-corrected chi connectivity index (χ4v) is 4.21. The van der Waals surface area contributed by atoms with Crippen LogP contribution in [-0.2, 0) is 0 Å². The Balaban J connectivity index is 1.56. The molecule has 7 nitrogen and oxygen atoms in total. The van der Waals surface area contributed by atoms with Gasteiger partial charge in [0.25, 0.3) is 0 Å². The van der Waals surface area contributed by atoms with Gasteiger partial charge in [-0.05, 0) is 43.4 Å². The highest BCUT2D eigenvalue weighted by Gasteiger charge is 2.19. The molecule has 0 saturated carbocycles. The number of nitrogens with zero attached hydrogens (tertiary/aromatic N) is 6. The lowest BCUT2D eigenvalue weighted by Gasteiger charge is -2.24. The van der Waals surface area contributed by atoms with E-state index in [1.54, 1.807) is 6.21 Å². The monoisotopic (exact) mass is 471 g/mol. The molecule has 0 atom stereocenters. The Kier molecular flexibility index (Phi) is 7.50. The first kappa shape index (κ1) is 21.0. The molecular formula is C22H30BrN7. The smallest absolute Gasteiger partial charge is 0.250 e. The molecule has 2 saturated heterocycles. The van der Waals surface area contributed by atoms with Crippen LogP contribution in [0.15, 0.2) is 33.8 Å². The second-order valence-electron chi connectivity index (χ2n) is 7.98. The average Bonchev–Trinajstić information content (AvgIpc) is 3.21. The van der Waals surface area contributed by atoms with Gasteiger partial charge in [-0.1, -0.05) is 53.7 Å². The fraction of sp³-hybridized carbons (Fsp3) is 0.545. The van der Waals surface area contributed by atoms with Crippen molar-refractivity contribution < 1.29 is 0 Å². The maximum atomic E-state index is 4.87. The van der Waals surface area contributed by atoms with Crippen LogP contribution < -0.4 is 15.2 Å². The average molecular weight is 472 g/mol. The summed E-state index contributed by atoms with van der Waals surface area (Å²) in [4.78, 5) is 18.9. The maximum absolute atomic E-state index is 4.87. The van der Waals surface area contributed by atoms with E-state index in [4.69, 9.17) is 15.0 Å². The van der Waals surface area contributed by atoms with Gasteiger partial charge in [0.15, 0.2) is 0 Å². The van der Waals surface area contributed by atoms with Gasteiger partial charge < -0.3 is 9.80 Å². The van der Waals surface area contributed by atoms with E-state index >= 15 is 0 Å². The first-order chi connectivity index (χ1) is 14.8. The van der Waals surface area contributed by atoms with Crippen molar-refractivity contribution in [2.45, 2.75) is 51.4 Å². The van der Waals surface area contributed by atoms with Gasteiger partial charge in [0.1, 0.15) is 0 Å². The molecule has 0 unspecified atom stereocenters. The lowest BCUT2D eigenvalue weighted by Crippen LogP contribution is -2.30. The minimum Gasteiger partial charge on any atom is -0.341 e. The van der Waals surface area contributed by atoms with Crippen LogP contribution in [0.5, 0.6) is 0 Å². The summed E-state index contributed by atoms with van der Waals surface area (Å²) in [5, 5.41) is 4.37. The Morgan fingerprint density at radius 2 is 1.23 bits per heavy atom. The minimum absolute atomic E-state index is 0.511. The molecule has 0 amide bonds. The number of anilines is 3. The first-order valence-corrected chi connectivity index (χ1v) is 11.9. The summed E-state index contributed by atoms with van der Waals surface area (Å²) in [5.41, 5.74) is 4.05. The molecule has 0 bridgehead atoms. The molecule has 30 heavy (non-hydrogen) atoms. The van der Waals surface area contributed by atoms with E-state index in [2.05, 4.69) is 36.3 Å². The standard InChI is InChI=1S/C22H30BrN7/c23-19-11-9-18(10-12-19)17-24-28-20-25-21(29-13-5-1-2-6-14-29)27-22(26-20)30-15-7-3-4-8-16-30/h9-12,17H,1-8,13-16H2,(H,25,26,27,28)/b24-17+. The Morgan fingerprint density at radius 1 is 0.733 bits per heavy atom. The molecule has 2 aromatic rings. The summed E-state index contributed by atoms with van der Waals surface area (Å²) < 4.78 is 1.05. The largest absolute Gasteiger partial charge is 0.341 e. The summed E-state index contributed by atoms with van der Waals surface area (Å²) in [6.07, 6.45) is 11.7. The summed E-state index contributed by atoms with van der Waals surface area (Å²) in [7, 11) is 0. The van der Waals surface area contributed by atoms with E-state index in [0.717, 1.165) is 48.1 Å². The number of nitrogens with one attached hydrogen (secondary N) is 1. The highest BCUT2D eigenvalue weighted by Crippen LogP contribution is 2.22. The summed E-state index contributed by atoms with van der Waals surface area (Å²) in [6.45, 7) is 4.02. The Hall–Kier alpha value is -2.22. The number of halogens is 1. The molecule has 0 aliphatic carbocycles. The molecule has 3 heterocycles. The zero-order valence-corrected chi connectivity index (χ0v) is 19.0. The van der Waals surface area contributed by atoms with E-state index in [0.29, 0.717) is 5.95 Å². The van der Waals surface area contributed by atoms with Gasteiger partial charge in [-0.25, -0.2) is 5.43 Å². The van der Waals surface area contributed by atoms with Crippen LogP contribution in [0.2, 0.25) is 0 Å². The van der Waals surface area contributed by atoms with E-state index in [9.17, 15) is 0 Å². The predicted molar refractivity (Wildman–Crippen MR) is 127 cm³/mol. The van der Waals surface area contributed by atoms with E-state index in [1.807, 2.05) is 24.3 Å². The van der Waals surface area contributed by atoms with Crippen molar-refractivity contribution in [3.8, 4) is 0 Å². The van der Waals surface area contributed by atoms with Gasteiger partial charge in [0, 0.05) is 30.7 Å². The Morgan fingerprint density at radius 3 is 1.73 bits per heavy atom. The third kappa shape index (κ3) is 5.90. The van der Waals surface area contributed by atoms with Crippen LogP contribution in [0, 0.1) is 0 Å². The molecule has 160 valence electrons. The van der Waals surface area contributed by atoms with Crippen molar-refractivity contribution >= 4 is 40.0 Å². The molecular weight excluding hydrogens is 442 g/mol. The van der Waals surface area contributed by atoms with Crippen LogP contribution in [0.1, 0.15) is 56.9 Å². The quantitative estimate of drug-likeness (QED) is 0.496. The van der Waals surface area contributed by atoms with Gasteiger partial charge >= 0.3 is 0 Å². The predicted octanol–water partition coefficient (Wildman–Crippen LogP) is 4.84. The highest BCUT2D eigenvalue weighted by molar-refractivity contribution is 9.10. The second kappa shape index (κ2) is 10.7. The summed E-state index contributed by atoms with van der Waals surface area (Å²) in [6, 6.07) is 8.01. The number of rotatable bonds is 5. The highest BCUT2D eigenvalue weighted by atomic mass is 79.9. The minimum atomic E-state index is 0.511. The molecule has 8 heteroatoms. The van der Waals surface area contributed by atoms with Gasteiger partial charge in [0.2, 0.25) is 17.8 Å². The lowest BCUT2D eigenvalue weighted by atomic mass is 10.2. The maximum Gasteiger partial charge on any atom is 0.250 e. The van der Waals surface area contributed by atoms with Crippen molar-refractivity contribution in [1.82, 2.24) is 15.0 Å². The van der Waals surface area contributed by atoms with Crippen molar-refractivity contribution in [2.24, 2.45) is 5.10 Å². The molecule has 2 aliphatic rings. The van der Waals surface area contributed by atoms with Crippen molar-refractivity contribution in [3.05, 3.63) is 34.3 Å². The molecule has 2 aliphatic heterocycles. The van der Waals surface area contributed by atoms with Crippen molar-refractivity contribution in [2.75, 3.05) is 41.4 Å². The van der Waals surface area contributed by atoms with Crippen LogP contribution in [0.3, 0.4) is 0 Å². The van der Waals surface area contributed by atoms with Crippen LogP contribution in [0.4, 0.5) is 17.8 Å². The van der Waals surface area contributed by atoms with E-state index in [1.165, 1.54) is 51.4 Å². The Labute approximate surface area is 187 Å². The molecule has 0 spiro atoms. The third-order valence-corrected chi connectivity index (χ3v) is 6.17. The van der Waals surface area contributed by atoms with Crippen LogP contribution in [-0.4, -0.2) is 47.3 Å². The topological polar surface area (TPSA) is 69.5 Å². The lowest BCUT2D eigenvalue weighted by molar-refractivity contribution is 0.726. The number of hydrogen-bond donors (Lipinski definition) is 1. The molecule has 0 radical (unpaired) electrons. The van der Waals surface area contributed by atoms with Gasteiger partial charge in [-0.2, -0.15) is 20.1 Å². The number of hydrogen-bond acceptors (Lipinski definition) is 7. The number of aromatic nitrogens is 3. The van der Waals surface area contributed by atoms with Crippen LogP contribution >= 0.6 is 15.9 Å². The number of hydrazone groups is 1. The molecule has 2 fully saturated rings. The first-order valence-electron chi connectivity index (χ1n) is 11.1. The van der Waals surface area contributed by atoms with Gasteiger partial charge in [-0.3, -0.25) is 0 Å². The Bertz CT molecular complexity index is 786. The van der Waals surface area contributed by atoms with E-state index < -0.39 is 0 Å². The van der Waals surface area contributed by atoms with Crippen molar-refractivity contribution in [1.29, 1.82) is 0 Å². The summed E-state index contributed by atoms with van der Waals surface area (Å²) >= 11 is 3.46. The SMILES string of the molecule is Brc1ccc(/C=N/Nc2nc(N3CCCCCC3)nc(N3CCCCCC3)n2)cc1. The normalized spacial score (nSPS) is 18.3. The van der Waals surface area contributed by atoms with Gasteiger partial charge in [0.05, 0.1) is 6.21 Å². The second-order valence-corrected chi connectivity index (χ2v) is 8.90. The van der Waals surface area contributed by atoms with Crippen molar-refractivity contribution in [3.63, 3.8) is 0 Å². The molecule has 1 N–H and O–H groups in total. The molecule has 4 rings (SSSR count). The fourth-order valence-electron chi connectivity index (χ4n) is 3.94. The molecule has 1 aromatic heterocycles. The molecule has 1 aromatic carbocycles. The van der Waals surface area contributed by atoms with E-state index in [-0.39, 0.29) is 0 Å².